The van der Waals surface area contributed by atoms with Gasteiger partial charge in [-0.15, -0.1) is 0 Å². The predicted octanol–water partition coefficient (Wildman–Crippen LogP) is 3.32. The van der Waals surface area contributed by atoms with Gasteiger partial charge in [-0.2, -0.15) is 0 Å². The van der Waals surface area contributed by atoms with E-state index in [2.05, 4.69) is 0 Å². The van der Waals surface area contributed by atoms with E-state index >= 15 is 0 Å². The fourth-order valence-electron chi connectivity index (χ4n) is 4.74. The lowest BCUT2D eigenvalue weighted by molar-refractivity contribution is -0.129. The van der Waals surface area contributed by atoms with Crippen molar-refractivity contribution < 1.29 is 18.4 Å². The lowest BCUT2D eigenvalue weighted by Crippen LogP contribution is -2.42. The highest BCUT2D eigenvalue weighted by atomic mass is 19.1. The molecular weight excluding hydrogens is 388 g/mol. The summed E-state index contributed by atoms with van der Waals surface area (Å²) in [7, 11) is 3.40. The van der Waals surface area contributed by atoms with Crippen LogP contribution in [0, 0.1) is 23.5 Å². The topological polar surface area (TPSA) is 43.9 Å². The molecule has 5 nitrogen and oxygen atoms in total. The van der Waals surface area contributed by atoms with Crippen LogP contribution in [0.25, 0.3) is 0 Å². The maximum Gasteiger partial charge on any atom is 0.320 e. The molecule has 0 radical (unpaired) electrons. The molecule has 3 amide bonds. The van der Waals surface area contributed by atoms with Gasteiger partial charge in [0.05, 0.1) is 12.5 Å². The van der Waals surface area contributed by atoms with Gasteiger partial charge in [0.2, 0.25) is 5.91 Å². The first-order valence-corrected chi connectivity index (χ1v) is 10.1. The molecule has 4 rings (SSSR count). The first-order valence-electron chi connectivity index (χ1n) is 10.1. The van der Waals surface area contributed by atoms with Crippen LogP contribution < -0.4 is 0 Å². The van der Waals surface area contributed by atoms with E-state index in [1.807, 2.05) is 6.07 Å². The minimum atomic E-state index is -0.384. The summed E-state index contributed by atoms with van der Waals surface area (Å²) in [6, 6.07) is 12.2. The monoisotopic (exact) mass is 413 g/mol. The summed E-state index contributed by atoms with van der Waals surface area (Å²) >= 11 is 0. The number of nitrogens with zero attached hydrogens (tertiary/aromatic N) is 3. The van der Waals surface area contributed by atoms with Gasteiger partial charge in [0.1, 0.15) is 11.6 Å². The molecule has 0 aliphatic carbocycles. The SMILES string of the molecule is CN(C)C(=O)N1C[C@H]2CN(C(=O)Cc3ccccc3F)C[C@H]2[C@H]1c1cccc(F)c1. The number of benzene rings is 2. The van der Waals surface area contributed by atoms with Gasteiger partial charge < -0.3 is 14.7 Å². The number of rotatable bonds is 3. The van der Waals surface area contributed by atoms with Crippen molar-refractivity contribution in [2.75, 3.05) is 33.7 Å². The Balaban J connectivity index is 1.56. The fourth-order valence-corrected chi connectivity index (χ4v) is 4.74. The summed E-state index contributed by atoms with van der Waals surface area (Å²) < 4.78 is 27.9. The fraction of sp³-hybridized carbons (Fsp3) is 0.391. The first-order chi connectivity index (χ1) is 14.3. The van der Waals surface area contributed by atoms with Gasteiger partial charge in [-0.3, -0.25) is 4.79 Å². The van der Waals surface area contributed by atoms with Crippen LogP contribution in [0.15, 0.2) is 48.5 Å². The van der Waals surface area contributed by atoms with Gasteiger partial charge in [0, 0.05) is 45.6 Å². The number of fused-ring (bicyclic) bond motifs is 1. The second-order valence-electron chi connectivity index (χ2n) is 8.32. The van der Waals surface area contributed by atoms with Gasteiger partial charge in [-0.1, -0.05) is 30.3 Å². The van der Waals surface area contributed by atoms with Crippen LogP contribution >= 0.6 is 0 Å². The van der Waals surface area contributed by atoms with Gasteiger partial charge in [0.25, 0.3) is 0 Å². The lowest BCUT2D eigenvalue weighted by Gasteiger charge is -2.32. The van der Waals surface area contributed by atoms with E-state index in [0.717, 1.165) is 5.56 Å². The van der Waals surface area contributed by atoms with Crippen LogP contribution in [0.4, 0.5) is 13.6 Å². The zero-order chi connectivity index (χ0) is 21.4. The average Bonchev–Trinajstić information content (AvgIpc) is 3.27. The average molecular weight is 413 g/mol. The normalized spacial score (nSPS) is 22.9. The van der Waals surface area contributed by atoms with Gasteiger partial charge in [-0.05, 0) is 29.3 Å². The number of likely N-dealkylation sites (tertiary alicyclic amines) is 2. The molecule has 3 atom stereocenters. The molecule has 2 aromatic rings. The Hall–Kier alpha value is -2.96. The molecule has 0 N–H and O–H groups in total. The molecule has 0 bridgehead atoms. The minimum absolute atomic E-state index is 0.0110. The van der Waals surface area contributed by atoms with Crippen molar-refractivity contribution in [3.05, 3.63) is 71.3 Å². The van der Waals surface area contributed by atoms with E-state index in [9.17, 15) is 18.4 Å². The van der Waals surface area contributed by atoms with Crippen molar-refractivity contribution in [3.63, 3.8) is 0 Å². The maximum absolute atomic E-state index is 13.9. The molecular formula is C23H25F2N3O2. The Morgan fingerprint density at radius 3 is 2.50 bits per heavy atom. The zero-order valence-corrected chi connectivity index (χ0v) is 17.1. The predicted molar refractivity (Wildman–Crippen MR) is 109 cm³/mol. The number of carbonyl (C=O) groups is 2. The number of amides is 3. The molecule has 158 valence electrons. The molecule has 30 heavy (non-hydrogen) atoms. The smallest absolute Gasteiger partial charge is 0.320 e. The highest BCUT2D eigenvalue weighted by Gasteiger charge is 2.50. The number of halogens is 2. The van der Waals surface area contributed by atoms with Crippen LogP contribution in [0.5, 0.6) is 0 Å². The van der Waals surface area contributed by atoms with Crippen molar-refractivity contribution in [2.45, 2.75) is 12.5 Å². The molecule has 2 aliphatic rings. The molecule has 2 aliphatic heterocycles. The quantitative estimate of drug-likeness (QED) is 0.775. The second kappa shape index (κ2) is 8.05. The molecule has 0 spiro atoms. The summed E-state index contributed by atoms with van der Waals surface area (Å²) in [5.41, 5.74) is 1.12. The lowest BCUT2D eigenvalue weighted by atomic mass is 9.89. The third kappa shape index (κ3) is 3.76. The highest BCUT2D eigenvalue weighted by molar-refractivity contribution is 5.79. The summed E-state index contributed by atoms with van der Waals surface area (Å²) in [6.45, 7) is 1.49. The molecule has 0 aromatic heterocycles. The van der Waals surface area contributed by atoms with Crippen molar-refractivity contribution in [1.29, 1.82) is 0 Å². The molecule has 0 unspecified atom stereocenters. The largest absolute Gasteiger partial charge is 0.342 e. The van der Waals surface area contributed by atoms with Crippen LogP contribution in [-0.2, 0) is 11.2 Å². The van der Waals surface area contributed by atoms with Gasteiger partial charge >= 0.3 is 6.03 Å². The molecule has 2 saturated heterocycles. The standard InChI is InChI=1S/C23H25F2N3O2/c1-26(2)23(30)28-13-17-12-27(21(29)11-15-6-3-4-9-20(15)25)14-19(17)22(28)16-7-5-8-18(24)10-16/h3-10,17,19,22H,11-14H2,1-2H3/t17-,19-,22-/m1/s1. The minimum Gasteiger partial charge on any atom is -0.342 e. The Kier molecular flexibility index (Phi) is 5.45. The van der Waals surface area contributed by atoms with E-state index in [0.29, 0.717) is 25.2 Å². The molecule has 2 heterocycles. The van der Waals surface area contributed by atoms with Crippen molar-refractivity contribution >= 4 is 11.9 Å². The first kappa shape index (κ1) is 20.3. The van der Waals surface area contributed by atoms with Gasteiger partial charge in [0.15, 0.2) is 0 Å². The Morgan fingerprint density at radius 2 is 1.80 bits per heavy atom. The van der Waals surface area contributed by atoms with Gasteiger partial charge in [-0.25, -0.2) is 13.6 Å². The number of hydrogen-bond acceptors (Lipinski definition) is 2. The summed E-state index contributed by atoms with van der Waals surface area (Å²) in [6.07, 6.45) is 0.0110. The summed E-state index contributed by atoms with van der Waals surface area (Å²) in [5, 5.41) is 0. The van der Waals surface area contributed by atoms with E-state index in [-0.39, 0.29) is 47.9 Å². The van der Waals surface area contributed by atoms with E-state index in [1.165, 1.54) is 23.1 Å². The van der Waals surface area contributed by atoms with Crippen LogP contribution in [-0.4, -0.2) is 60.4 Å². The number of hydrogen-bond donors (Lipinski definition) is 0. The molecule has 2 fully saturated rings. The zero-order valence-electron chi connectivity index (χ0n) is 17.1. The summed E-state index contributed by atoms with van der Waals surface area (Å²) in [5.74, 6) is -0.741. The third-order valence-electron chi connectivity index (χ3n) is 6.13. The van der Waals surface area contributed by atoms with Crippen LogP contribution in [0.1, 0.15) is 17.2 Å². The molecule has 2 aromatic carbocycles. The number of urea groups is 1. The summed E-state index contributed by atoms with van der Waals surface area (Å²) in [4.78, 5) is 30.7. The maximum atomic E-state index is 13.9. The van der Waals surface area contributed by atoms with E-state index < -0.39 is 0 Å². The third-order valence-corrected chi connectivity index (χ3v) is 6.13. The number of carbonyl (C=O) groups excluding carboxylic acids is 2. The Bertz CT molecular complexity index is 965. The van der Waals surface area contributed by atoms with Crippen LogP contribution in [0.3, 0.4) is 0 Å². The Morgan fingerprint density at radius 1 is 1.03 bits per heavy atom. The molecule has 7 heteroatoms. The van der Waals surface area contributed by atoms with Crippen molar-refractivity contribution in [1.82, 2.24) is 14.7 Å². The van der Waals surface area contributed by atoms with Crippen molar-refractivity contribution in [3.8, 4) is 0 Å². The second-order valence-corrected chi connectivity index (χ2v) is 8.32. The highest BCUT2D eigenvalue weighted by Crippen LogP contribution is 2.45. The Labute approximate surface area is 174 Å². The van der Waals surface area contributed by atoms with Crippen LogP contribution in [0.2, 0.25) is 0 Å². The van der Waals surface area contributed by atoms with E-state index in [4.69, 9.17) is 0 Å². The van der Waals surface area contributed by atoms with E-state index in [1.54, 1.807) is 48.2 Å². The molecule has 0 saturated carbocycles. The van der Waals surface area contributed by atoms with Crippen molar-refractivity contribution in [2.24, 2.45) is 11.8 Å².